The molecular formula is C12H16ClN3O2S2. The lowest BCUT2D eigenvalue weighted by Crippen LogP contribution is -2.43. The van der Waals surface area contributed by atoms with Gasteiger partial charge in [-0.05, 0) is 30.2 Å². The third-order valence-electron chi connectivity index (χ3n) is 3.33. The molecule has 5 nitrogen and oxygen atoms in total. The van der Waals surface area contributed by atoms with Gasteiger partial charge in [-0.1, -0.05) is 11.3 Å². The summed E-state index contributed by atoms with van der Waals surface area (Å²) in [6.07, 6.45) is 1.70. The van der Waals surface area contributed by atoms with Gasteiger partial charge >= 0.3 is 0 Å². The maximum absolute atomic E-state index is 12.1. The minimum atomic E-state index is -0.481. The molecule has 20 heavy (non-hydrogen) atoms. The van der Waals surface area contributed by atoms with Gasteiger partial charge in [0.05, 0.1) is 11.6 Å². The number of fused-ring (bicyclic) bond motifs is 1. The molecular weight excluding hydrogens is 318 g/mol. The molecule has 0 aliphatic carbocycles. The minimum Gasteiger partial charge on any atom is -0.381 e. The molecule has 3 rings (SSSR count). The van der Waals surface area contributed by atoms with Crippen molar-refractivity contribution in [3.8, 4) is 0 Å². The summed E-state index contributed by atoms with van der Waals surface area (Å²) in [6.45, 7) is 1.39. The van der Waals surface area contributed by atoms with Crippen molar-refractivity contribution >= 4 is 55.6 Å². The van der Waals surface area contributed by atoms with Crippen molar-refractivity contribution < 1.29 is 9.53 Å². The van der Waals surface area contributed by atoms with E-state index in [1.54, 1.807) is 11.3 Å². The van der Waals surface area contributed by atoms with E-state index in [4.69, 9.17) is 10.5 Å². The summed E-state index contributed by atoms with van der Waals surface area (Å²) in [4.78, 5) is 16.5. The molecule has 0 aromatic carbocycles. The summed E-state index contributed by atoms with van der Waals surface area (Å²) in [7, 11) is 0. The van der Waals surface area contributed by atoms with Crippen LogP contribution in [0.25, 0.3) is 9.53 Å². The quantitative estimate of drug-likeness (QED) is 0.904. The van der Waals surface area contributed by atoms with E-state index in [2.05, 4.69) is 10.3 Å². The van der Waals surface area contributed by atoms with Gasteiger partial charge < -0.3 is 15.8 Å². The zero-order valence-electron chi connectivity index (χ0n) is 10.7. The Hall–Kier alpha value is -0.730. The van der Waals surface area contributed by atoms with Gasteiger partial charge in [0.15, 0.2) is 5.13 Å². The van der Waals surface area contributed by atoms with Crippen LogP contribution in [0.2, 0.25) is 0 Å². The van der Waals surface area contributed by atoms with Gasteiger partial charge in [-0.3, -0.25) is 4.79 Å². The van der Waals surface area contributed by atoms with E-state index in [1.165, 1.54) is 11.3 Å². The second-order valence-electron chi connectivity index (χ2n) is 4.58. The molecule has 1 saturated heterocycles. The van der Waals surface area contributed by atoms with Crippen LogP contribution in [0.1, 0.15) is 12.8 Å². The Bertz CT molecular complexity index is 552. The lowest BCUT2D eigenvalue weighted by Gasteiger charge is -2.26. The molecule has 8 heteroatoms. The summed E-state index contributed by atoms with van der Waals surface area (Å²) in [5, 5.41) is 5.45. The third-order valence-corrected chi connectivity index (χ3v) is 5.34. The van der Waals surface area contributed by atoms with Crippen LogP contribution in [0.15, 0.2) is 11.4 Å². The van der Waals surface area contributed by atoms with Crippen LogP contribution < -0.4 is 11.1 Å². The van der Waals surface area contributed by atoms with Crippen LogP contribution in [0, 0.1) is 5.92 Å². The number of halogens is 1. The number of nitrogens with zero attached hydrogens (tertiary/aromatic N) is 1. The van der Waals surface area contributed by atoms with Gasteiger partial charge in [0.1, 0.15) is 4.01 Å². The standard InChI is InChI=1S/C12H15N3O2S2.ClH/c13-9(7-1-4-17-5-2-7)10(16)15-12-14-8-3-6-18-11(8)19-12;/h3,6-7,9H,1-2,4-5,13H2,(H,14,15,16);1H. The Balaban J connectivity index is 0.00000147. The molecule has 0 saturated carbocycles. The van der Waals surface area contributed by atoms with Crippen molar-refractivity contribution in [1.29, 1.82) is 0 Å². The number of hydrogen-bond donors (Lipinski definition) is 2. The SMILES string of the molecule is Cl.NC(C(=O)Nc1nc2ccsc2s1)C1CCOCC1. The summed E-state index contributed by atoms with van der Waals surface area (Å²) in [6, 6.07) is 1.47. The van der Waals surface area contributed by atoms with E-state index in [9.17, 15) is 4.79 Å². The first-order valence-corrected chi connectivity index (χ1v) is 7.92. The smallest absolute Gasteiger partial charge is 0.243 e. The highest BCUT2D eigenvalue weighted by Crippen LogP contribution is 2.30. The molecule has 1 amide bonds. The lowest BCUT2D eigenvalue weighted by atomic mass is 9.92. The number of anilines is 1. The second kappa shape index (κ2) is 6.82. The fourth-order valence-electron chi connectivity index (χ4n) is 2.20. The number of nitrogens with one attached hydrogen (secondary N) is 1. The first-order valence-electron chi connectivity index (χ1n) is 6.22. The number of thiazole rings is 1. The molecule has 0 radical (unpaired) electrons. The Kier molecular flexibility index (Phi) is 5.34. The minimum absolute atomic E-state index is 0. The molecule has 0 spiro atoms. The number of rotatable bonds is 3. The van der Waals surface area contributed by atoms with E-state index in [1.807, 2.05) is 11.4 Å². The number of carbonyl (C=O) groups is 1. The van der Waals surface area contributed by atoms with E-state index in [-0.39, 0.29) is 24.2 Å². The van der Waals surface area contributed by atoms with Crippen LogP contribution in [-0.2, 0) is 9.53 Å². The van der Waals surface area contributed by atoms with Gasteiger partial charge in [0.25, 0.3) is 0 Å². The molecule has 3 N–H and O–H groups in total. The Morgan fingerprint density at radius 3 is 2.95 bits per heavy atom. The van der Waals surface area contributed by atoms with Crippen LogP contribution in [0.4, 0.5) is 5.13 Å². The molecule has 2 aromatic rings. The van der Waals surface area contributed by atoms with Gasteiger partial charge in [0.2, 0.25) is 5.91 Å². The normalized spacial score (nSPS) is 17.6. The summed E-state index contributed by atoms with van der Waals surface area (Å²) in [5.41, 5.74) is 6.96. The van der Waals surface area contributed by atoms with Crippen LogP contribution >= 0.6 is 35.1 Å². The number of amides is 1. The molecule has 2 aromatic heterocycles. The van der Waals surface area contributed by atoms with Crippen LogP contribution in [-0.4, -0.2) is 30.1 Å². The monoisotopic (exact) mass is 333 g/mol. The van der Waals surface area contributed by atoms with Crippen molar-refractivity contribution in [3.63, 3.8) is 0 Å². The zero-order chi connectivity index (χ0) is 13.2. The molecule has 1 atom stereocenters. The molecule has 0 bridgehead atoms. The summed E-state index contributed by atoms with van der Waals surface area (Å²) >= 11 is 3.12. The van der Waals surface area contributed by atoms with Crippen molar-refractivity contribution in [1.82, 2.24) is 4.98 Å². The number of carbonyl (C=O) groups excluding carboxylic acids is 1. The molecule has 3 heterocycles. The maximum atomic E-state index is 12.1. The van der Waals surface area contributed by atoms with Crippen LogP contribution in [0.5, 0.6) is 0 Å². The Morgan fingerprint density at radius 2 is 2.25 bits per heavy atom. The maximum Gasteiger partial charge on any atom is 0.243 e. The van der Waals surface area contributed by atoms with E-state index >= 15 is 0 Å². The highest BCUT2D eigenvalue weighted by Gasteiger charge is 2.27. The lowest BCUT2D eigenvalue weighted by molar-refractivity contribution is -0.119. The van der Waals surface area contributed by atoms with Crippen LogP contribution in [0.3, 0.4) is 0 Å². The van der Waals surface area contributed by atoms with Gasteiger partial charge in [-0.25, -0.2) is 4.98 Å². The van der Waals surface area contributed by atoms with Gasteiger partial charge in [0, 0.05) is 13.2 Å². The summed E-state index contributed by atoms with van der Waals surface area (Å²) < 4.78 is 6.40. The highest BCUT2D eigenvalue weighted by molar-refractivity contribution is 7.39. The second-order valence-corrected chi connectivity index (χ2v) is 6.75. The Labute approximate surface area is 130 Å². The van der Waals surface area contributed by atoms with E-state index in [0.717, 1.165) is 22.4 Å². The first kappa shape index (κ1) is 15.7. The first-order chi connectivity index (χ1) is 9.24. The third kappa shape index (κ3) is 3.29. The van der Waals surface area contributed by atoms with Gasteiger partial charge in [-0.2, -0.15) is 0 Å². The van der Waals surface area contributed by atoms with E-state index < -0.39 is 6.04 Å². The fourth-order valence-corrected chi connectivity index (χ4v) is 4.04. The average molecular weight is 334 g/mol. The molecule has 1 unspecified atom stereocenters. The number of ether oxygens (including phenoxy) is 1. The topological polar surface area (TPSA) is 77.2 Å². The van der Waals surface area contributed by atoms with Gasteiger partial charge in [-0.15, -0.1) is 23.7 Å². The predicted octanol–water partition coefficient (Wildman–Crippen LogP) is 2.47. The molecule has 110 valence electrons. The Morgan fingerprint density at radius 1 is 1.50 bits per heavy atom. The van der Waals surface area contributed by atoms with Crippen molar-refractivity contribution in [2.24, 2.45) is 11.7 Å². The average Bonchev–Trinajstić information content (AvgIpc) is 2.99. The number of hydrogen-bond acceptors (Lipinski definition) is 6. The highest BCUT2D eigenvalue weighted by atomic mass is 35.5. The molecule has 1 aliphatic rings. The largest absolute Gasteiger partial charge is 0.381 e. The molecule has 1 fully saturated rings. The molecule has 1 aliphatic heterocycles. The van der Waals surface area contributed by atoms with Crippen molar-refractivity contribution in [2.75, 3.05) is 18.5 Å². The summed E-state index contributed by atoms with van der Waals surface area (Å²) in [5.74, 6) is 0.0585. The number of aromatic nitrogens is 1. The number of nitrogens with two attached hydrogens (primary N) is 1. The van der Waals surface area contributed by atoms with Crippen molar-refractivity contribution in [2.45, 2.75) is 18.9 Å². The fraction of sp³-hybridized carbons (Fsp3) is 0.500. The van der Waals surface area contributed by atoms with E-state index in [0.29, 0.717) is 18.3 Å². The number of thiophene rings is 1. The van der Waals surface area contributed by atoms with Crippen molar-refractivity contribution in [3.05, 3.63) is 11.4 Å². The zero-order valence-corrected chi connectivity index (χ0v) is 13.2. The predicted molar refractivity (Wildman–Crippen MR) is 84.9 cm³/mol.